The van der Waals surface area contributed by atoms with Gasteiger partial charge in [0.05, 0.1) is 12.2 Å². The lowest BCUT2D eigenvalue weighted by Crippen LogP contribution is -2.09. The summed E-state index contributed by atoms with van der Waals surface area (Å²) in [5, 5.41) is 8.19. The van der Waals surface area contributed by atoms with Crippen LogP contribution >= 0.6 is 0 Å². The molecule has 2 aromatic rings. The van der Waals surface area contributed by atoms with Crippen LogP contribution < -0.4 is 10.5 Å². The Balaban J connectivity index is 1.81. The summed E-state index contributed by atoms with van der Waals surface area (Å²) >= 11 is 0. The highest BCUT2D eigenvalue weighted by atomic mass is 16.5. The van der Waals surface area contributed by atoms with Gasteiger partial charge < -0.3 is 10.5 Å². The van der Waals surface area contributed by atoms with Gasteiger partial charge in [0.15, 0.2) is 0 Å². The largest absolute Gasteiger partial charge is 0.492 e. The average Bonchev–Trinajstić information content (AvgIpc) is 2.83. The van der Waals surface area contributed by atoms with Crippen LogP contribution in [0, 0.1) is 13.8 Å². The van der Waals surface area contributed by atoms with E-state index in [1.807, 2.05) is 23.0 Å². The van der Waals surface area contributed by atoms with Crippen LogP contribution in [-0.4, -0.2) is 28.1 Å². The molecule has 0 amide bonds. The van der Waals surface area contributed by atoms with Gasteiger partial charge in [0.1, 0.15) is 12.4 Å². The highest BCUT2D eigenvalue weighted by Crippen LogP contribution is 2.16. The Hall–Kier alpha value is -1.88. The molecule has 0 saturated heterocycles. The number of nitrogens with zero attached hydrogens (tertiary/aromatic N) is 3. The molecule has 5 heteroatoms. The number of hydrogen-bond acceptors (Lipinski definition) is 4. The Morgan fingerprint density at radius 1 is 1.20 bits per heavy atom. The van der Waals surface area contributed by atoms with Crippen molar-refractivity contribution in [1.82, 2.24) is 15.0 Å². The van der Waals surface area contributed by atoms with Gasteiger partial charge in [-0.2, -0.15) is 0 Å². The van der Waals surface area contributed by atoms with E-state index in [1.54, 1.807) is 0 Å². The summed E-state index contributed by atoms with van der Waals surface area (Å²) in [6.07, 6.45) is 3.78. The number of benzene rings is 1. The van der Waals surface area contributed by atoms with Crippen LogP contribution in [0.1, 0.15) is 23.2 Å². The van der Waals surface area contributed by atoms with Crippen molar-refractivity contribution < 1.29 is 4.74 Å². The Kier molecular flexibility index (Phi) is 5.12. The zero-order valence-corrected chi connectivity index (χ0v) is 12.2. The number of rotatable bonds is 7. The second-order valence-electron chi connectivity index (χ2n) is 5.04. The molecule has 0 aliphatic rings. The van der Waals surface area contributed by atoms with Gasteiger partial charge >= 0.3 is 0 Å². The third-order valence-electron chi connectivity index (χ3n) is 3.01. The minimum atomic E-state index is 0.586. The van der Waals surface area contributed by atoms with Crippen molar-refractivity contribution in [3.05, 3.63) is 41.2 Å². The third kappa shape index (κ3) is 4.35. The maximum absolute atomic E-state index is 5.75. The smallest absolute Gasteiger partial charge is 0.119 e. The highest BCUT2D eigenvalue weighted by Gasteiger charge is 2.01. The number of aromatic nitrogens is 3. The Morgan fingerprint density at radius 3 is 2.65 bits per heavy atom. The second kappa shape index (κ2) is 7.05. The SMILES string of the molecule is Cc1cc(C)cc(OCCn2cc(CCCN)nn2)c1. The van der Waals surface area contributed by atoms with Crippen molar-refractivity contribution in [2.45, 2.75) is 33.2 Å². The molecule has 0 bridgehead atoms. The van der Waals surface area contributed by atoms with Gasteiger partial charge in [-0.3, -0.25) is 0 Å². The molecule has 1 aromatic carbocycles. The van der Waals surface area contributed by atoms with Gasteiger partial charge in [-0.15, -0.1) is 5.10 Å². The van der Waals surface area contributed by atoms with Crippen LogP contribution in [0.15, 0.2) is 24.4 Å². The number of aryl methyl sites for hydroxylation is 3. The van der Waals surface area contributed by atoms with Crippen LogP contribution in [-0.2, 0) is 13.0 Å². The molecule has 0 aliphatic carbocycles. The lowest BCUT2D eigenvalue weighted by molar-refractivity contribution is 0.289. The van der Waals surface area contributed by atoms with Crippen molar-refractivity contribution >= 4 is 0 Å². The molecular weight excluding hydrogens is 252 g/mol. The molecule has 0 radical (unpaired) electrons. The topological polar surface area (TPSA) is 66.0 Å². The van der Waals surface area contributed by atoms with Crippen LogP contribution in [0.3, 0.4) is 0 Å². The second-order valence-corrected chi connectivity index (χ2v) is 5.04. The van der Waals surface area contributed by atoms with Crippen LogP contribution in [0.2, 0.25) is 0 Å². The standard InChI is InChI=1S/C15H22N4O/c1-12-8-13(2)10-15(9-12)20-7-6-19-11-14(17-18-19)4-3-5-16/h8-11H,3-7,16H2,1-2H3. The van der Waals surface area contributed by atoms with E-state index < -0.39 is 0 Å². The first-order chi connectivity index (χ1) is 9.67. The van der Waals surface area contributed by atoms with E-state index in [2.05, 4.69) is 30.2 Å². The lowest BCUT2D eigenvalue weighted by atomic mass is 10.1. The predicted molar refractivity (Wildman–Crippen MR) is 78.8 cm³/mol. The van der Waals surface area contributed by atoms with Crippen molar-refractivity contribution in [2.24, 2.45) is 5.73 Å². The number of nitrogens with two attached hydrogens (primary N) is 1. The van der Waals surface area contributed by atoms with E-state index in [9.17, 15) is 0 Å². The van der Waals surface area contributed by atoms with E-state index in [-0.39, 0.29) is 0 Å². The summed E-state index contributed by atoms with van der Waals surface area (Å²) in [5.74, 6) is 0.908. The van der Waals surface area contributed by atoms with Crippen LogP contribution in [0.4, 0.5) is 0 Å². The Bertz CT molecular complexity index is 530. The van der Waals surface area contributed by atoms with E-state index in [1.165, 1.54) is 11.1 Å². The Morgan fingerprint density at radius 2 is 1.95 bits per heavy atom. The molecule has 0 fully saturated rings. The number of ether oxygens (including phenoxy) is 1. The molecule has 0 unspecified atom stereocenters. The fourth-order valence-electron chi connectivity index (χ4n) is 2.12. The van der Waals surface area contributed by atoms with E-state index in [0.29, 0.717) is 19.7 Å². The monoisotopic (exact) mass is 274 g/mol. The molecule has 2 rings (SSSR count). The fraction of sp³-hybridized carbons (Fsp3) is 0.467. The molecule has 1 aromatic heterocycles. The first-order valence-electron chi connectivity index (χ1n) is 6.97. The molecule has 0 aliphatic heterocycles. The van der Waals surface area contributed by atoms with Gasteiger partial charge in [-0.05, 0) is 56.5 Å². The van der Waals surface area contributed by atoms with Crippen molar-refractivity contribution in [1.29, 1.82) is 0 Å². The van der Waals surface area contributed by atoms with Gasteiger partial charge in [0, 0.05) is 6.20 Å². The molecule has 1 heterocycles. The molecule has 2 N–H and O–H groups in total. The van der Waals surface area contributed by atoms with Gasteiger partial charge in [-0.25, -0.2) is 4.68 Å². The summed E-state index contributed by atoms with van der Waals surface area (Å²) in [6, 6.07) is 6.22. The first kappa shape index (κ1) is 14.5. The Labute approximate surface area is 119 Å². The molecule has 0 spiro atoms. The molecule has 0 saturated carbocycles. The molecule has 108 valence electrons. The quantitative estimate of drug-likeness (QED) is 0.837. The van der Waals surface area contributed by atoms with Crippen molar-refractivity contribution in [3.63, 3.8) is 0 Å². The van der Waals surface area contributed by atoms with E-state index >= 15 is 0 Å². The fourth-order valence-corrected chi connectivity index (χ4v) is 2.12. The molecule has 5 nitrogen and oxygen atoms in total. The molecule has 0 atom stereocenters. The van der Waals surface area contributed by atoms with Gasteiger partial charge in [0.2, 0.25) is 0 Å². The van der Waals surface area contributed by atoms with Crippen LogP contribution in [0.5, 0.6) is 5.75 Å². The zero-order valence-electron chi connectivity index (χ0n) is 12.2. The van der Waals surface area contributed by atoms with E-state index in [4.69, 9.17) is 10.5 Å². The summed E-state index contributed by atoms with van der Waals surface area (Å²) in [4.78, 5) is 0. The van der Waals surface area contributed by atoms with Gasteiger partial charge in [0.25, 0.3) is 0 Å². The average molecular weight is 274 g/mol. The number of hydrogen-bond donors (Lipinski definition) is 1. The highest BCUT2D eigenvalue weighted by molar-refractivity contribution is 5.32. The van der Waals surface area contributed by atoms with Crippen LogP contribution in [0.25, 0.3) is 0 Å². The minimum Gasteiger partial charge on any atom is -0.492 e. The third-order valence-corrected chi connectivity index (χ3v) is 3.01. The minimum absolute atomic E-state index is 0.586. The maximum atomic E-state index is 5.75. The summed E-state index contributed by atoms with van der Waals surface area (Å²) in [5.41, 5.74) is 8.89. The zero-order chi connectivity index (χ0) is 14.4. The van der Waals surface area contributed by atoms with Gasteiger partial charge in [-0.1, -0.05) is 11.3 Å². The predicted octanol–water partition coefficient (Wildman–Crippen LogP) is 1.87. The van der Waals surface area contributed by atoms with Crippen molar-refractivity contribution in [3.8, 4) is 5.75 Å². The maximum Gasteiger partial charge on any atom is 0.119 e. The first-order valence-corrected chi connectivity index (χ1v) is 6.97. The van der Waals surface area contributed by atoms with E-state index in [0.717, 1.165) is 24.3 Å². The summed E-state index contributed by atoms with van der Waals surface area (Å²) in [7, 11) is 0. The normalized spacial score (nSPS) is 10.8. The molecular formula is C15H22N4O. The lowest BCUT2D eigenvalue weighted by Gasteiger charge is -2.07. The molecule has 20 heavy (non-hydrogen) atoms. The summed E-state index contributed by atoms with van der Waals surface area (Å²) in [6.45, 7) is 6.11. The van der Waals surface area contributed by atoms with Crippen molar-refractivity contribution in [2.75, 3.05) is 13.2 Å². The summed E-state index contributed by atoms with van der Waals surface area (Å²) < 4.78 is 7.57.